The molecule has 1 unspecified atom stereocenters. The lowest BCUT2D eigenvalue weighted by atomic mass is 10.0. The summed E-state index contributed by atoms with van der Waals surface area (Å²) in [5.74, 6) is 6.67. The van der Waals surface area contributed by atoms with E-state index in [4.69, 9.17) is 5.84 Å². The average Bonchev–Trinajstić information content (AvgIpc) is 2.36. The van der Waals surface area contributed by atoms with Gasteiger partial charge < -0.3 is 16.1 Å². The van der Waals surface area contributed by atoms with Gasteiger partial charge in [-0.2, -0.15) is 0 Å². The largest absolute Gasteiger partial charge is 0.358 e. The Kier molecular flexibility index (Phi) is 4.85. The Balaban J connectivity index is 3.05. The third-order valence-electron chi connectivity index (χ3n) is 2.59. The van der Waals surface area contributed by atoms with Crippen LogP contribution >= 0.6 is 0 Å². The number of nitrogen functional groups attached to an aromatic ring is 1. The lowest BCUT2D eigenvalue weighted by Crippen LogP contribution is -2.36. The van der Waals surface area contributed by atoms with Gasteiger partial charge in [0.05, 0.1) is 0 Å². The first kappa shape index (κ1) is 14.2. The molecule has 0 fully saturated rings. The minimum absolute atomic E-state index is 0.106. The maximum Gasteiger partial charge on any atom is 0.241 e. The van der Waals surface area contributed by atoms with Gasteiger partial charge in [0.15, 0.2) is 0 Å². The number of nitrogens with zero attached hydrogens (tertiary/aromatic N) is 2. The fourth-order valence-corrected chi connectivity index (χ4v) is 1.66. The van der Waals surface area contributed by atoms with Gasteiger partial charge in [0.25, 0.3) is 0 Å². The third kappa shape index (κ3) is 3.07. The predicted molar refractivity (Wildman–Crippen MR) is 71.1 cm³/mol. The van der Waals surface area contributed by atoms with E-state index in [1.54, 1.807) is 14.0 Å². The zero-order chi connectivity index (χ0) is 13.7. The first-order valence-electron chi connectivity index (χ1n) is 5.80. The molecule has 0 saturated heterocycles. The van der Waals surface area contributed by atoms with E-state index in [1.165, 1.54) is 6.33 Å². The van der Waals surface area contributed by atoms with Crippen LogP contribution in [0.5, 0.6) is 0 Å². The van der Waals surface area contributed by atoms with Crippen molar-refractivity contribution in [3.63, 3.8) is 0 Å². The number of carbonyl (C=O) groups excluding carboxylic acids is 1. The van der Waals surface area contributed by atoms with Gasteiger partial charge in [-0.3, -0.25) is 4.79 Å². The maximum atomic E-state index is 11.5. The van der Waals surface area contributed by atoms with Crippen LogP contribution in [-0.2, 0) is 4.79 Å². The highest BCUT2D eigenvalue weighted by Crippen LogP contribution is 2.27. The van der Waals surface area contributed by atoms with Gasteiger partial charge in [-0.15, -0.1) is 0 Å². The highest BCUT2D eigenvalue weighted by molar-refractivity contribution is 5.84. The van der Waals surface area contributed by atoms with E-state index in [1.807, 2.05) is 13.8 Å². The number of nitrogens with two attached hydrogens (primary N) is 1. The van der Waals surface area contributed by atoms with E-state index in [0.717, 1.165) is 5.56 Å². The SMILES string of the molecule is CNC(=O)C(C)Nc1ncnc(NN)c1C(C)C. The maximum absolute atomic E-state index is 11.5. The fraction of sp³-hybridized carbons (Fsp3) is 0.545. The number of carbonyl (C=O) groups is 1. The van der Waals surface area contributed by atoms with E-state index in [0.29, 0.717) is 11.6 Å². The number of rotatable bonds is 5. The molecule has 1 amide bonds. The molecule has 7 nitrogen and oxygen atoms in total. The summed E-state index contributed by atoms with van der Waals surface area (Å²) in [5.41, 5.74) is 3.40. The third-order valence-corrected chi connectivity index (χ3v) is 2.59. The Labute approximate surface area is 107 Å². The lowest BCUT2D eigenvalue weighted by molar-refractivity contribution is -0.121. The highest BCUT2D eigenvalue weighted by Gasteiger charge is 2.18. The summed E-state index contributed by atoms with van der Waals surface area (Å²) in [6.07, 6.45) is 1.40. The Morgan fingerprint density at radius 1 is 1.28 bits per heavy atom. The summed E-state index contributed by atoms with van der Waals surface area (Å²) in [5, 5.41) is 5.64. The molecule has 1 rings (SSSR count). The van der Waals surface area contributed by atoms with Crippen molar-refractivity contribution in [3.8, 4) is 0 Å². The van der Waals surface area contributed by atoms with Crippen molar-refractivity contribution in [2.75, 3.05) is 17.8 Å². The molecule has 100 valence electrons. The van der Waals surface area contributed by atoms with E-state index < -0.39 is 0 Å². The molecule has 5 N–H and O–H groups in total. The van der Waals surface area contributed by atoms with E-state index >= 15 is 0 Å². The van der Waals surface area contributed by atoms with Crippen LogP contribution in [-0.4, -0.2) is 29.0 Å². The minimum Gasteiger partial charge on any atom is -0.358 e. The Bertz CT molecular complexity index is 420. The number of nitrogens with one attached hydrogen (secondary N) is 3. The van der Waals surface area contributed by atoms with Gasteiger partial charge in [-0.25, -0.2) is 15.8 Å². The molecule has 0 saturated carbocycles. The van der Waals surface area contributed by atoms with Crippen molar-refractivity contribution >= 4 is 17.5 Å². The fourth-order valence-electron chi connectivity index (χ4n) is 1.66. The second kappa shape index (κ2) is 6.15. The average molecular weight is 252 g/mol. The summed E-state index contributed by atoms with van der Waals surface area (Å²) < 4.78 is 0. The van der Waals surface area contributed by atoms with Gasteiger partial charge in [0.2, 0.25) is 5.91 Å². The van der Waals surface area contributed by atoms with E-state index in [9.17, 15) is 4.79 Å². The van der Waals surface area contributed by atoms with Crippen LogP contribution in [0.2, 0.25) is 0 Å². The summed E-state index contributed by atoms with van der Waals surface area (Å²) in [7, 11) is 1.59. The number of hydrogen-bond donors (Lipinski definition) is 4. The topological polar surface area (TPSA) is 105 Å². The molecule has 1 aromatic rings. The van der Waals surface area contributed by atoms with Crippen molar-refractivity contribution in [1.29, 1.82) is 0 Å². The molecule has 7 heteroatoms. The Hall–Kier alpha value is -1.89. The van der Waals surface area contributed by atoms with Gasteiger partial charge in [-0.1, -0.05) is 13.8 Å². The Morgan fingerprint density at radius 2 is 1.89 bits per heavy atom. The zero-order valence-electron chi connectivity index (χ0n) is 11.1. The number of hydrazine groups is 1. The number of aromatic nitrogens is 2. The molecule has 0 aliphatic carbocycles. The molecular formula is C11H20N6O. The molecule has 1 atom stereocenters. The van der Waals surface area contributed by atoms with Crippen LogP contribution in [0, 0.1) is 0 Å². The van der Waals surface area contributed by atoms with E-state index in [2.05, 4.69) is 26.0 Å². The first-order valence-corrected chi connectivity index (χ1v) is 5.80. The van der Waals surface area contributed by atoms with Crippen LogP contribution in [0.25, 0.3) is 0 Å². The van der Waals surface area contributed by atoms with Crippen molar-refractivity contribution < 1.29 is 4.79 Å². The van der Waals surface area contributed by atoms with Crippen LogP contribution < -0.4 is 21.9 Å². The second-order valence-electron chi connectivity index (χ2n) is 4.26. The molecule has 1 heterocycles. The quantitative estimate of drug-likeness (QED) is 0.447. The monoisotopic (exact) mass is 252 g/mol. The van der Waals surface area contributed by atoms with Crippen molar-refractivity contribution in [1.82, 2.24) is 15.3 Å². The van der Waals surface area contributed by atoms with Crippen LogP contribution in [0.1, 0.15) is 32.3 Å². The molecular weight excluding hydrogens is 232 g/mol. The summed E-state index contributed by atoms with van der Waals surface area (Å²) in [4.78, 5) is 19.7. The summed E-state index contributed by atoms with van der Waals surface area (Å²) in [6, 6.07) is -0.381. The summed E-state index contributed by atoms with van der Waals surface area (Å²) in [6.45, 7) is 5.78. The highest BCUT2D eigenvalue weighted by atomic mass is 16.2. The minimum atomic E-state index is -0.381. The van der Waals surface area contributed by atoms with E-state index in [-0.39, 0.29) is 17.9 Å². The number of amides is 1. The zero-order valence-corrected chi connectivity index (χ0v) is 11.1. The number of hydrogen-bond acceptors (Lipinski definition) is 6. The molecule has 18 heavy (non-hydrogen) atoms. The van der Waals surface area contributed by atoms with Gasteiger partial charge >= 0.3 is 0 Å². The first-order chi connectivity index (χ1) is 8.51. The molecule has 0 aliphatic heterocycles. The molecule has 0 radical (unpaired) electrons. The predicted octanol–water partition coefficient (Wildman–Crippen LogP) is 0.432. The number of likely N-dealkylation sites (N-methyl/N-ethyl adjacent to an activating group) is 1. The van der Waals surface area contributed by atoms with Gasteiger partial charge in [0.1, 0.15) is 24.0 Å². The van der Waals surface area contributed by atoms with Crippen LogP contribution in [0.3, 0.4) is 0 Å². The van der Waals surface area contributed by atoms with Crippen molar-refractivity contribution in [2.24, 2.45) is 5.84 Å². The van der Waals surface area contributed by atoms with Crippen LogP contribution in [0.15, 0.2) is 6.33 Å². The second-order valence-corrected chi connectivity index (χ2v) is 4.26. The van der Waals surface area contributed by atoms with Gasteiger partial charge in [0, 0.05) is 12.6 Å². The van der Waals surface area contributed by atoms with Crippen molar-refractivity contribution in [3.05, 3.63) is 11.9 Å². The smallest absolute Gasteiger partial charge is 0.241 e. The van der Waals surface area contributed by atoms with Crippen LogP contribution in [0.4, 0.5) is 11.6 Å². The molecule has 0 aliphatic rings. The molecule has 0 spiro atoms. The molecule has 0 aromatic carbocycles. The van der Waals surface area contributed by atoms with Gasteiger partial charge in [-0.05, 0) is 12.8 Å². The molecule has 1 aromatic heterocycles. The summed E-state index contributed by atoms with van der Waals surface area (Å²) >= 11 is 0. The number of anilines is 2. The normalized spacial score (nSPS) is 12.1. The Morgan fingerprint density at radius 3 is 2.39 bits per heavy atom. The lowest BCUT2D eigenvalue weighted by Gasteiger charge is -2.19. The standard InChI is InChI=1S/C11H20N6O/c1-6(2)8-9(14-5-15-10(8)17-12)16-7(3)11(18)13-4/h5-7H,12H2,1-4H3,(H,13,18)(H2,14,15,16,17). The van der Waals surface area contributed by atoms with Crippen molar-refractivity contribution in [2.45, 2.75) is 32.7 Å². The molecule has 0 bridgehead atoms.